The van der Waals surface area contributed by atoms with Crippen LogP contribution in [0.4, 0.5) is 0 Å². The molecule has 0 fully saturated rings. The van der Waals surface area contributed by atoms with Crippen LogP contribution in [-0.2, 0) is 13.0 Å². The minimum Gasteiger partial charge on any atom is -0.507 e. The van der Waals surface area contributed by atoms with Crippen molar-refractivity contribution >= 4 is 21.5 Å². The molecular weight excluding hydrogens is 372 g/mol. The Morgan fingerprint density at radius 2 is 2.04 bits per heavy atom. The number of nitriles is 1. The largest absolute Gasteiger partial charge is 0.507 e. The van der Waals surface area contributed by atoms with Gasteiger partial charge in [-0.25, -0.2) is 0 Å². The standard InChI is InChI=1S/C17H17BrN4O2/c18-12-5-7-13(8-6-12)24-11-15(23)14(10-19)17-21-20-16-4-2-1-3-9-22(16)17/h5-8,23H,1-4,9,11H2/b15-14-. The molecule has 0 unspecified atom stereocenters. The highest BCUT2D eigenvalue weighted by Crippen LogP contribution is 2.22. The Hall–Kier alpha value is -2.33. The molecule has 0 aliphatic carbocycles. The molecule has 0 amide bonds. The third-order valence-corrected chi connectivity index (χ3v) is 4.45. The molecule has 1 aliphatic rings. The number of nitrogens with zero attached hydrogens (tertiary/aromatic N) is 4. The lowest BCUT2D eigenvalue weighted by molar-refractivity contribution is 0.272. The monoisotopic (exact) mass is 388 g/mol. The second-order valence-corrected chi connectivity index (χ2v) is 6.49. The van der Waals surface area contributed by atoms with Crippen molar-refractivity contribution in [1.82, 2.24) is 14.8 Å². The first-order valence-electron chi connectivity index (χ1n) is 7.82. The molecule has 124 valence electrons. The number of aliphatic hydroxyl groups excluding tert-OH is 1. The van der Waals surface area contributed by atoms with Crippen LogP contribution in [0.2, 0.25) is 0 Å². The van der Waals surface area contributed by atoms with Gasteiger partial charge in [0, 0.05) is 17.4 Å². The predicted molar refractivity (Wildman–Crippen MR) is 92.4 cm³/mol. The summed E-state index contributed by atoms with van der Waals surface area (Å²) in [6.07, 6.45) is 4.07. The Morgan fingerprint density at radius 3 is 2.79 bits per heavy atom. The van der Waals surface area contributed by atoms with Gasteiger partial charge in [-0.1, -0.05) is 22.4 Å². The Bertz CT molecular complexity index is 790. The number of aryl methyl sites for hydroxylation is 1. The van der Waals surface area contributed by atoms with E-state index in [1.165, 1.54) is 0 Å². The Labute approximate surface area is 148 Å². The maximum absolute atomic E-state index is 10.3. The summed E-state index contributed by atoms with van der Waals surface area (Å²) in [4.78, 5) is 0. The number of hydrogen-bond acceptors (Lipinski definition) is 5. The van der Waals surface area contributed by atoms with Crippen molar-refractivity contribution in [3.05, 3.63) is 46.1 Å². The van der Waals surface area contributed by atoms with Crippen LogP contribution < -0.4 is 4.74 Å². The minimum atomic E-state index is -0.139. The second-order valence-electron chi connectivity index (χ2n) is 5.58. The molecule has 1 aliphatic heterocycles. The van der Waals surface area contributed by atoms with E-state index >= 15 is 0 Å². The van der Waals surface area contributed by atoms with Crippen molar-refractivity contribution in [2.24, 2.45) is 0 Å². The van der Waals surface area contributed by atoms with E-state index in [1.54, 1.807) is 12.1 Å². The molecule has 0 atom stereocenters. The van der Waals surface area contributed by atoms with Gasteiger partial charge in [0.05, 0.1) is 0 Å². The highest BCUT2D eigenvalue weighted by molar-refractivity contribution is 9.10. The number of aromatic nitrogens is 3. The molecule has 3 rings (SSSR count). The number of aliphatic hydroxyl groups is 1. The number of ether oxygens (including phenoxy) is 1. The van der Waals surface area contributed by atoms with E-state index in [4.69, 9.17) is 4.74 Å². The third-order valence-electron chi connectivity index (χ3n) is 3.92. The zero-order valence-electron chi connectivity index (χ0n) is 13.1. The molecule has 24 heavy (non-hydrogen) atoms. The van der Waals surface area contributed by atoms with E-state index in [1.807, 2.05) is 22.8 Å². The summed E-state index contributed by atoms with van der Waals surface area (Å²) in [5.74, 6) is 1.77. The molecular formula is C17H17BrN4O2. The van der Waals surface area contributed by atoms with Gasteiger partial charge >= 0.3 is 0 Å². The zero-order chi connectivity index (χ0) is 16.9. The lowest BCUT2D eigenvalue weighted by atomic mass is 10.2. The van der Waals surface area contributed by atoms with Gasteiger partial charge in [0.15, 0.2) is 11.6 Å². The highest BCUT2D eigenvalue weighted by Gasteiger charge is 2.20. The first-order valence-corrected chi connectivity index (χ1v) is 8.61. The number of rotatable bonds is 4. The van der Waals surface area contributed by atoms with Crippen molar-refractivity contribution in [1.29, 1.82) is 5.26 Å². The van der Waals surface area contributed by atoms with E-state index in [2.05, 4.69) is 26.1 Å². The van der Waals surface area contributed by atoms with E-state index in [0.29, 0.717) is 11.6 Å². The van der Waals surface area contributed by atoms with Gasteiger partial charge in [0.25, 0.3) is 0 Å². The van der Waals surface area contributed by atoms with Crippen LogP contribution in [0.3, 0.4) is 0 Å². The molecule has 7 heteroatoms. The van der Waals surface area contributed by atoms with E-state index in [-0.39, 0.29) is 17.9 Å². The molecule has 0 saturated carbocycles. The summed E-state index contributed by atoms with van der Waals surface area (Å²) in [6.45, 7) is 0.677. The molecule has 2 aromatic rings. The van der Waals surface area contributed by atoms with Crippen LogP contribution in [0, 0.1) is 11.3 Å². The van der Waals surface area contributed by atoms with Crippen LogP contribution in [0.15, 0.2) is 34.5 Å². The van der Waals surface area contributed by atoms with Crippen molar-refractivity contribution in [2.45, 2.75) is 32.2 Å². The summed E-state index contributed by atoms with van der Waals surface area (Å²) in [7, 11) is 0. The number of benzene rings is 1. The van der Waals surface area contributed by atoms with Crippen LogP contribution >= 0.6 is 15.9 Å². The number of allylic oxidation sites excluding steroid dienone is 1. The maximum Gasteiger partial charge on any atom is 0.178 e. The Morgan fingerprint density at radius 1 is 1.25 bits per heavy atom. The molecule has 6 nitrogen and oxygen atoms in total. The van der Waals surface area contributed by atoms with Gasteiger partial charge in [-0.2, -0.15) is 5.26 Å². The zero-order valence-corrected chi connectivity index (χ0v) is 14.7. The van der Waals surface area contributed by atoms with Gasteiger partial charge < -0.3 is 14.4 Å². The molecule has 0 spiro atoms. The van der Waals surface area contributed by atoms with Crippen molar-refractivity contribution in [3.8, 4) is 11.8 Å². The molecule has 1 aromatic heterocycles. The summed E-state index contributed by atoms with van der Waals surface area (Å²) in [5, 5.41) is 28.0. The fourth-order valence-corrected chi connectivity index (χ4v) is 2.93. The number of halogens is 1. The molecule has 2 heterocycles. The second kappa shape index (κ2) is 7.49. The normalized spacial score (nSPS) is 15.0. The molecule has 0 saturated heterocycles. The van der Waals surface area contributed by atoms with Gasteiger partial charge in [-0.05, 0) is 37.1 Å². The SMILES string of the molecule is N#C/C(=C(/O)COc1ccc(Br)cc1)c1nnc2n1CCCCC2. The van der Waals surface area contributed by atoms with Crippen molar-refractivity contribution in [3.63, 3.8) is 0 Å². The van der Waals surface area contributed by atoms with Crippen molar-refractivity contribution < 1.29 is 9.84 Å². The topological polar surface area (TPSA) is 84.0 Å². The lowest BCUT2D eigenvalue weighted by Gasteiger charge is -2.09. The first kappa shape index (κ1) is 16.5. The van der Waals surface area contributed by atoms with Crippen LogP contribution in [-0.4, -0.2) is 26.5 Å². The highest BCUT2D eigenvalue weighted by atomic mass is 79.9. The fraction of sp³-hybridized carbons (Fsp3) is 0.353. The van der Waals surface area contributed by atoms with E-state index in [0.717, 1.165) is 42.5 Å². The molecule has 1 aromatic carbocycles. The predicted octanol–water partition coefficient (Wildman–Crippen LogP) is 3.64. The Balaban J connectivity index is 1.82. The van der Waals surface area contributed by atoms with Gasteiger partial charge in [0.2, 0.25) is 0 Å². The summed E-state index contributed by atoms with van der Waals surface area (Å²) < 4.78 is 8.41. The smallest absolute Gasteiger partial charge is 0.178 e. The summed E-state index contributed by atoms with van der Waals surface area (Å²) in [6, 6.07) is 9.30. The lowest BCUT2D eigenvalue weighted by Crippen LogP contribution is -2.09. The quantitative estimate of drug-likeness (QED) is 0.638. The summed E-state index contributed by atoms with van der Waals surface area (Å²) in [5.41, 5.74) is 0.118. The van der Waals surface area contributed by atoms with Crippen LogP contribution in [0.25, 0.3) is 5.57 Å². The average molecular weight is 389 g/mol. The van der Waals surface area contributed by atoms with Gasteiger partial charge in [0.1, 0.15) is 29.8 Å². The van der Waals surface area contributed by atoms with Gasteiger partial charge in [-0.15, -0.1) is 10.2 Å². The average Bonchev–Trinajstić information content (AvgIpc) is 2.83. The van der Waals surface area contributed by atoms with E-state index in [9.17, 15) is 10.4 Å². The Kier molecular flexibility index (Phi) is 5.16. The molecule has 0 radical (unpaired) electrons. The molecule has 1 N–H and O–H groups in total. The summed E-state index contributed by atoms with van der Waals surface area (Å²) >= 11 is 3.35. The van der Waals surface area contributed by atoms with Crippen molar-refractivity contribution in [2.75, 3.05) is 6.61 Å². The van der Waals surface area contributed by atoms with Gasteiger partial charge in [-0.3, -0.25) is 0 Å². The fourth-order valence-electron chi connectivity index (χ4n) is 2.67. The van der Waals surface area contributed by atoms with Crippen LogP contribution in [0.1, 0.15) is 30.9 Å². The first-order chi connectivity index (χ1) is 11.7. The third kappa shape index (κ3) is 3.60. The minimum absolute atomic E-state index is 0.0906. The van der Waals surface area contributed by atoms with E-state index < -0.39 is 0 Å². The maximum atomic E-state index is 10.3. The number of hydrogen-bond donors (Lipinski definition) is 1. The molecule has 0 bridgehead atoms. The number of fused-ring (bicyclic) bond motifs is 1. The van der Waals surface area contributed by atoms with Crippen LogP contribution in [0.5, 0.6) is 5.75 Å².